The van der Waals surface area contributed by atoms with Crippen LogP contribution in [-0.4, -0.2) is 13.2 Å². The zero-order valence-corrected chi connectivity index (χ0v) is 12.0. The molecule has 0 spiro atoms. The van der Waals surface area contributed by atoms with Gasteiger partial charge in [-0.3, -0.25) is 0 Å². The highest BCUT2D eigenvalue weighted by molar-refractivity contribution is 5.27. The molecular weight excluding hydrogens is 222 g/mol. The lowest BCUT2D eigenvalue weighted by atomic mass is 9.88. The molecule has 0 fully saturated rings. The van der Waals surface area contributed by atoms with Crippen LogP contribution in [0.1, 0.15) is 45.1 Å². The monoisotopic (exact) mass is 249 g/mol. The van der Waals surface area contributed by atoms with Gasteiger partial charge in [0, 0.05) is 6.04 Å². The normalized spacial score (nSPS) is 14.2. The number of ether oxygens (including phenoxy) is 1. The number of benzene rings is 1. The molecule has 1 aromatic carbocycles. The van der Waals surface area contributed by atoms with Crippen molar-refractivity contribution >= 4 is 0 Å². The molecule has 2 N–H and O–H groups in total. The molecule has 0 aromatic heterocycles. The minimum Gasteiger partial charge on any atom is -0.497 e. The molecule has 0 saturated carbocycles. The van der Waals surface area contributed by atoms with E-state index in [1.165, 1.54) is 31.2 Å². The Bertz CT molecular complexity index is 320. The summed E-state index contributed by atoms with van der Waals surface area (Å²) in [5.74, 6) is 1.55. The summed E-state index contributed by atoms with van der Waals surface area (Å²) in [7, 11) is 1.69. The molecule has 18 heavy (non-hydrogen) atoms. The standard InChI is InChI=1S/C16H27NO/c1-4-6-7-14(5-2)16(17)12-13-8-10-15(18-3)11-9-13/h8-11,14,16H,4-7,12,17H2,1-3H3. The van der Waals surface area contributed by atoms with E-state index in [9.17, 15) is 0 Å². The molecule has 2 atom stereocenters. The lowest BCUT2D eigenvalue weighted by Crippen LogP contribution is -2.32. The Morgan fingerprint density at radius 2 is 1.83 bits per heavy atom. The molecule has 0 saturated heterocycles. The Morgan fingerprint density at radius 1 is 1.17 bits per heavy atom. The van der Waals surface area contributed by atoms with Crippen LogP contribution in [-0.2, 0) is 6.42 Å². The van der Waals surface area contributed by atoms with Gasteiger partial charge in [0.25, 0.3) is 0 Å². The molecule has 0 amide bonds. The minimum absolute atomic E-state index is 0.273. The van der Waals surface area contributed by atoms with Gasteiger partial charge in [0.1, 0.15) is 5.75 Å². The summed E-state index contributed by atoms with van der Waals surface area (Å²) in [4.78, 5) is 0. The first-order valence-corrected chi connectivity index (χ1v) is 7.09. The summed E-state index contributed by atoms with van der Waals surface area (Å²) in [6.07, 6.45) is 5.94. The van der Waals surface area contributed by atoms with Gasteiger partial charge < -0.3 is 10.5 Å². The van der Waals surface area contributed by atoms with Gasteiger partial charge in [-0.05, 0) is 36.5 Å². The number of unbranched alkanes of at least 4 members (excludes halogenated alkanes) is 1. The Morgan fingerprint density at radius 3 is 2.33 bits per heavy atom. The first-order chi connectivity index (χ1) is 8.71. The average molecular weight is 249 g/mol. The second kappa shape index (κ2) is 8.15. The van der Waals surface area contributed by atoms with Crippen LogP contribution >= 0.6 is 0 Å². The molecular formula is C16H27NO. The van der Waals surface area contributed by atoms with E-state index in [0.29, 0.717) is 5.92 Å². The van der Waals surface area contributed by atoms with Crippen LogP contribution in [0.5, 0.6) is 5.75 Å². The maximum Gasteiger partial charge on any atom is 0.118 e. The predicted octanol–water partition coefficient (Wildman–Crippen LogP) is 3.78. The fraction of sp³-hybridized carbons (Fsp3) is 0.625. The number of nitrogens with two attached hydrogens (primary N) is 1. The van der Waals surface area contributed by atoms with E-state index in [0.717, 1.165) is 12.2 Å². The van der Waals surface area contributed by atoms with Crippen molar-refractivity contribution in [3.05, 3.63) is 29.8 Å². The van der Waals surface area contributed by atoms with Crippen molar-refractivity contribution < 1.29 is 4.74 Å². The molecule has 0 bridgehead atoms. The topological polar surface area (TPSA) is 35.2 Å². The molecule has 0 radical (unpaired) electrons. The van der Waals surface area contributed by atoms with Crippen LogP contribution in [0, 0.1) is 5.92 Å². The highest BCUT2D eigenvalue weighted by Crippen LogP contribution is 2.20. The van der Waals surface area contributed by atoms with Gasteiger partial charge in [-0.15, -0.1) is 0 Å². The number of rotatable bonds is 8. The largest absolute Gasteiger partial charge is 0.497 e. The smallest absolute Gasteiger partial charge is 0.118 e. The van der Waals surface area contributed by atoms with Gasteiger partial charge >= 0.3 is 0 Å². The maximum atomic E-state index is 6.34. The van der Waals surface area contributed by atoms with Crippen LogP contribution in [0.25, 0.3) is 0 Å². The van der Waals surface area contributed by atoms with Crippen molar-refractivity contribution in [2.45, 2.75) is 52.0 Å². The van der Waals surface area contributed by atoms with Gasteiger partial charge in [-0.1, -0.05) is 45.2 Å². The van der Waals surface area contributed by atoms with Gasteiger partial charge in [0.05, 0.1) is 7.11 Å². The van der Waals surface area contributed by atoms with E-state index in [1.54, 1.807) is 7.11 Å². The second-order valence-corrected chi connectivity index (χ2v) is 5.03. The van der Waals surface area contributed by atoms with Crippen molar-refractivity contribution in [2.75, 3.05) is 7.11 Å². The molecule has 0 aliphatic rings. The number of methoxy groups -OCH3 is 1. The minimum atomic E-state index is 0.273. The first kappa shape index (κ1) is 15.0. The molecule has 102 valence electrons. The summed E-state index contributed by atoms with van der Waals surface area (Å²) in [5.41, 5.74) is 7.64. The number of hydrogen-bond donors (Lipinski definition) is 1. The van der Waals surface area contributed by atoms with Crippen molar-refractivity contribution in [1.29, 1.82) is 0 Å². The van der Waals surface area contributed by atoms with Crippen LogP contribution < -0.4 is 10.5 Å². The van der Waals surface area contributed by atoms with E-state index in [4.69, 9.17) is 10.5 Å². The van der Waals surface area contributed by atoms with Gasteiger partial charge in [0.2, 0.25) is 0 Å². The predicted molar refractivity (Wildman–Crippen MR) is 78.0 cm³/mol. The molecule has 0 aliphatic heterocycles. The molecule has 2 nitrogen and oxygen atoms in total. The summed E-state index contributed by atoms with van der Waals surface area (Å²) in [6, 6.07) is 8.52. The highest BCUT2D eigenvalue weighted by atomic mass is 16.5. The Kier molecular flexibility index (Phi) is 6.81. The molecule has 1 aromatic rings. The lowest BCUT2D eigenvalue weighted by molar-refractivity contribution is 0.368. The van der Waals surface area contributed by atoms with E-state index in [1.807, 2.05) is 12.1 Å². The summed E-state index contributed by atoms with van der Waals surface area (Å²) in [6.45, 7) is 4.48. The third-order valence-electron chi connectivity index (χ3n) is 3.69. The van der Waals surface area contributed by atoms with Crippen molar-refractivity contribution in [3.63, 3.8) is 0 Å². The third-order valence-corrected chi connectivity index (χ3v) is 3.69. The molecule has 2 unspecified atom stereocenters. The SMILES string of the molecule is CCCCC(CC)C(N)Cc1ccc(OC)cc1. The fourth-order valence-electron chi connectivity index (χ4n) is 2.39. The summed E-state index contributed by atoms with van der Waals surface area (Å²) >= 11 is 0. The van der Waals surface area contributed by atoms with E-state index in [2.05, 4.69) is 26.0 Å². The first-order valence-electron chi connectivity index (χ1n) is 7.09. The van der Waals surface area contributed by atoms with Crippen molar-refractivity contribution in [3.8, 4) is 5.75 Å². The summed E-state index contributed by atoms with van der Waals surface area (Å²) in [5, 5.41) is 0. The Balaban J connectivity index is 2.52. The number of hydrogen-bond acceptors (Lipinski definition) is 2. The zero-order valence-electron chi connectivity index (χ0n) is 12.0. The zero-order chi connectivity index (χ0) is 13.4. The second-order valence-electron chi connectivity index (χ2n) is 5.03. The Hall–Kier alpha value is -1.02. The maximum absolute atomic E-state index is 6.34. The lowest BCUT2D eigenvalue weighted by Gasteiger charge is -2.22. The van der Waals surface area contributed by atoms with Gasteiger partial charge in [-0.2, -0.15) is 0 Å². The van der Waals surface area contributed by atoms with E-state index >= 15 is 0 Å². The van der Waals surface area contributed by atoms with Gasteiger partial charge in [0.15, 0.2) is 0 Å². The highest BCUT2D eigenvalue weighted by Gasteiger charge is 2.15. The molecule has 1 rings (SSSR count). The van der Waals surface area contributed by atoms with Crippen molar-refractivity contribution in [1.82, 2.24) is 0 Å². The molecule has 2 heteroatoms. The van der Waals surface area contributed by atoms with Crippen LogP contribution in [0.3, 0.4) is 0 Å². The van der Waals surface area contributed by atoms with Crippen molar-refractivity contribution in [2.24, 2.45) is 11.7 Å². The third kappa shape index (κ3) is 4.69. The fourth-order valence-corrected chi connectivity index (χ4v) is 2.39. The van der Waals surface area contributed by atoms with Crippen LogP contribution in [0.2, 0.25) is 0 Å². The van der Waals surface area contributed by atoms with E-state index < -0.39 is 0 Å². The van der Waals surface area contributed by atoms with Crippen LogP contribution in [0.15, 0.2) is 24.3 Å². The van der Waals surface area contributed by atoms with Gasteiger partial charge in [-0.25, -0.2) is 0 Å². The Labute approximate surface area is 112 Å². The molecule has 0 heterocycles. The average Bonchev–Trinajstić information content (AvgIpc) is 2.40. The van der Waals surface area contributed by atoms with Crippen LogP contribution in [0.4, 0.5) is 0 Å². The molecule has 0 aliphatic carbocycles. The summed E-state index contributed by atoms with van der Waals surface area (Å²) < 4.78 is 5.16. The quantitative estimate of drug-likeness (QED) is 0.761. The van der Waals surface area contributed by atoms with E-state index in [-0.39, 0.29) is 6.04 Å².